The number of fused-ring (bicyclic) bond motifs is 1. The third-order valence-corrected chi connectivity index (χ3v) is 4.44. The van der Waals surface area contributed by atoms with E-state index >= 15 is 0 Å². The average molecular weight is 368 g/mol. The number of hydrogen-bond acceptors (Lipinski definition) is 6. The summed E-state index contributed by atoms with van der Waals surface area (Å²) in [5, 5.41) is 0. The summed E-state index contributed by atoms with van der Waals surface area (Å²) in [7, 11) is 0. The van der Waals surface area contributed by atoms with Crippen LogP contribution < -0.4 is 9.47 Å². The van der Waals surface area contributed by atoms with Crippen LogP contribution in [0.25, 0.3) is 0 Å². The number of aryl methyl sites for hydroxylation is 2. The van der Waals surface area contributed by atoms with Crippen molar-refractivity contribution < 1.29 is 28.6 Å². The van der Waals surface area contributed by atoms with Gasteiger partial charge in [-0.3, -0.25) is 14.4 Å². The van der Waals surface area contributed by atoms with E-state index in [0.29, 0.717) is 22.6 Å². The van der Waals surface area contributed by atoms with Crippen LogP contribution in [0.4, 0.5) is 0 Å². The van der Waals surface area contributed by atoms with Crippen LogP contribution in [-0.4, -0.2) is 30.9 Å². The van der Waals surface area contributed by atoms with Crippen molar-refractivity contribution in [1.29, 1.82) is 0 Å². The second-order valence-corrected chi connectivity index (χ2v) is 6.37. The summed E-state index contributed by atoms with van der Waals surface area (Å²) in [6.45, 7) is 3.65. The van der Waals surface area contributed by atoms with Crippen molar-refractivity contribution in [3.63, 3.8) is 0 Å². The van der Waals surface area contributed by atoms with Gasteiger partial charge in [-0.25, -0.2) is 0 Å². The molecule has 2 aromatic carbocycles. The monoisotopic (exact) mass is 368 g/mol. The molecule has 0 aromatic heterocycles. The van der Waals surface area contributed by atoms with Crippen LogP contribution in [0.15, 0.2) is 36.4 Å². The second-order valence-electron chi connectivity index (χ2n) is 6.37. The maximum atomic E-state index is 12.2. The molecular weight excluding hydrogens is 348 g/mol. The number of rotatable bonds is 7. The molecule has 2 aromatic rings. The van der Waals surface area contributed by atoms with Crippen LogP contribution in [0.1, 0.15) is 44.7 Å². The maximum absolute atomic E-state index is 12.2. The van der Waals surface area contributed by atoms with Gasteiger partial charge in [-0.15, -0.1) is 0 Å². The summed E-state index contributed by atoms with van der Waals surface area (Å²) in [6, 6.07) is 10.2. The van der Waals surface area contributed by atoms with Gasteiger partial charge >= 0.3 is 5.97 Å². The second kappa shape index (κ2) is 8.03. The van der Waals surface area contributed by atoms with Crippen LogP contribution in [0, 0.1) is 13.8 Å². The lowest BCUT2D eigenvalue weighted by Gasteiger charge is -2.06. The smallest absolute Gasteiger partial charge is 0.306 e. The molecule has 6 heteroatoms. The fourth-order valence-electron chi connectivity index (χ4n) is 2.65. The molecule has 0 spiro atoms. The Balaban J connectivity index is 1.47. The lowest BCUT2D eigenvalue weighted by atomic mass is 10.0. The fraction of sp³-hybridized carbons (Fsp3) is 0.286. The molecule has 140 valence electrons. The van der Waals surface area contributed by atoms with Crippen LogP contribution >= 0.6 is 0 Å². The minimum Gasteiger partial charge on any atom is -0.457 e. The third-order valence-electron chi connectivity index (χ3n) is 4.44. The van der Waals surface area contributed by atoms with Gasteiger partial charge < -0.3 is 14.2 Å². The van der Waals surface area contributed by atoms with Crippen LogP contribution in [-0.2, 0) is 9.53 Å². The van der Waals surface area contributed by atoms with E-state index in [2.05, 4.69) is 0 Å². The zero-order valence-corrected chi connectivity index (χ0v) is 15.2. The van der Waals surface area contributed by atoms with E-state index in [1.54, 1.807) is 24.3 Å². The predicted octanol–water partition coefficient (Wildman–Crippen LogP) is 3.42. The first kappa shape index (κ1) is 18.6. The van der Waals surface area contributed by atoms with E-state index in [4.69, 9.17) is 14.2 Å². The summed E-state index contributed by atoms with van der Waals surface area (Å²) in [6.07, 6.45) is -0.0281. The average Bonchev–Trinajstić information content (AvgIpc) is 3.14. The molecule has 1 heterocycles. The van der Waals surface area contributed by atoms with Crippen molar-refractivity contribution in [3.05, 3.63) is 58.7 Å². The molecule has 0 aliphatic carbocycles. The highest BCUT2D eigenvalue weighted by Crippen LogP contribution is 2.32. The summed E-state index contributed by atoms with van der Waals surface area (Å²) in [5.41, 5.74) is 3.08. The van der Waals surface area contributed by atoms with Gasteiger partial charge in [0, 0.05) is 17.5 Å². The van der Waals surface area contributed by atoms with E-state index in [-0.39, 0.29) is 37.8 Å². The van der Waals surface area contributed by atoms with Gasteiger partial charge in [0.05, 0.1) is 6.42 Å². The van der Waals surface area contributed by atoms with Crippen molar-refractivity contribution in [3.8, 4) is 11.5 Å². The first-order chi connectivity index (χ1) is 12.9. The molecule has 0 N–H and O–H groups in total. The highest BCUT2D eigenvalue weighted by atomic mass is 16.7. The van der Waals surface area contributed by atoms with Gasteiger partial charge in [0.15, 0.2) is 29.7 Å². The number of ketones is 2. The zero-order valence-electron chi connectivity index (χ0n) is 15.2. The topological polar surface area (TPSA) is 78.9 Å². The summed E-state index contributed by atoms with van der Waals surface area (Å²) in [5.74, 6) is 0.0140. The Morgan fingerprint density at radius 3 is 2.33 bits per heavy atom. The molecule has 0 saturated carbocycles. The molecule has 3 rings (SSSR count). The van der Waals surface area contributed by atoms with E-state index in [1.165, 1.54) is 0 Å². The Morgan fingerprint density at radius 2 is 1.56 bits per heavy atom. The minimum absolute atomic E-state index is 0.0412. The van der Waals surface area contributed by atoms with Crippen molar-refractivity contribution in [1.82, 2.24) is 0 Å². The number of benzene rings is 2. The first-order valence-corrected chi connectivity index (χ1v) is 8.63. The number of Topliss-reactive ketones (excluding diaryl/α,β-unsaturated/α-hetero) is 2. The lowest BCUT2D eigenvalue weighted by molar-refractivity contribution is -0.142. The van der Waals surface area contributed by atoms with Crippen molar-refractivity contribution in [2.45, 2.75) is 26.7 Å². The lowest BCUT2D eigenvalue weighted by Crippen LogP contribution is -2.15. The molecule has 0 amide bonds. The van der Waals surface area contributed by atoms with E-state index < -0.39 is 5.97 Å². The summed E-state index contributed by atoms with van der Waals surface area (Å²) in [4.78, 5) is 36.2. The zero-order chi connectivity index (χ0) is 19.4. The normalized spacial score (nSPS) is 11.9. The SMILES string of the molecule is Cc1ccc(C(=O)CCC(=O)OCC(=O)c2ccc3c(c2)OCO3)cc1C. The largest absolute Gasteiger partial charge is 0.457 e. The molecule has 0 saturated heterocycles. The van der Waals surface area contributed by atoms with Gasteiger partial charge in [0.1, 0.15) is 0 Å². The highest BCUT2D eigenvalue weighted by molar-refractivity contribution is 5.99. The molecule has 0 atom stereocenters. The molecule has 1 aliphatic rings. The standard InChI is InChI=1S/C21H20O6/c1-13-3-4-15(9-14(13)2)17(22)6-8-21(24)25-11-18(23)16-5-7-19-20(10-16)27-12-26-19/h3-5,7,9-10H,6,8,11-12H2,1-2H3. The maximum Gasteiger partial charge on any atom is 0.306 e. The Bertz CT molecular complexity index is 900. The number of carbonyl (C=O) groups excluding carboxylic acids is 3. The van der Waals surface area contributed by atoms with Gasteiger partial charge in [0.25, 0.3) is 0 Å². The van der Waals surface area contributed by atoms with Crippen molar-refractivity contribution in [2.75, 3.05) is 13.4 Å². The first-order valence-electron chi connectivity index (χ1n) is 8.63. The molecule has 1 aliphatic heterocycles. The van der Waals surface area contributed by atoms with Crippen LogP contribution in [0.5, 0.6) is 11.5 Å². The molecule has 0 bridgehead atoms. The van der Waals surface area contributed by atoms with E-state index in [1.807, 2.05) is 26.0 Å². The van der Waals surface area contributed by atoms with E-state index in [0.717, 1.165) is 11.1 Å². The highest BCUT2D eigenvalue weighted by Gasteiger charge is 2.17. The van der Waals surface area contributed by atoms with Gasteiger partial charge in [-0.2, -0.15) is 0 Å². The third kappa shape index (κ3) is 4.53. The molecule has 0 radical (unpaired) electrons. The van der Waals surface area contributed by atoms with Crippen molar-refractivity contribution in [2.24, 2.45) is 0 Å². The summed E-state index contributed by atoms with van der Waals surface area (Å²) < 4.78 is 15.4. The number of carbonyl (C=O) groups is 3. The number of ether oxygens (including phenoxy) is 3. The molecule has 0 fully saturated rings. The Labute approximate surface area is 157 Å². The van der Waals surface area contributed by atoms with Crippen molar-refractivity contribution >= 4 is 17.5 Å². The predicted molar refractivity (Wildman–Crippen MR) is 97.3 cm³/mol. The number of esters is 1. The van der Waals surface area contributed by atoms with Gasteiger partial charge in [-0.05, 0) is 49.2 Å². The van der Waals surface area contributed by atoms with Crippen LogP contribution in [0.3, 0.4) is 0 Å². The molecular formula is C21H20O6. The Kier molecular flexibility index (Phi) is 5.54. The summed E-state index contributed by atoms with van der Waals surface area (Å²) >= 11 is 0. The van der Waals surface area contributed by atoms with Gasteiger partial charge in [-0.1, -0.05) is 12.1 Å². The van der Waals surface area contributed by atoms with Crippen LogP contribution in [0.2, 0.25) is 0 Å². The Morgan fingerprint density at radius 1 is 0.852 bits per heavy atom. The Hall–Kier alpha value is -3.15. The fourth-order valence-corrected chi connectivity index (χ4v) is 2.65. The molecule has 0 unspecified atom stereocenters. The number of hydrogen-bond donors (Lipinski definition) is 0. The van der Waals surface area contributed by atoms with E-state index in [9.17, 15) is 14.4 Å². The molecule has 6 nitrogen and oxygen atoms in total. The molecule has 27 heavy (non-hydrogen) atoms. The van der Waals surface area contributed by atoms with Gasteiger partial charge in [0.2, 0.25) is 6.79 Å². The minimum atomic E-state index is -0.582. The quantitative estimate of drug-likeness (QED) is 0.550.